The highest BCUT2D eigenvalue weighted by Gasteiger charge is 2.19. The van der Waals surface area contributed by atoms with Crippen molar-refractivity contribution in [2.75, 3.05) is 4.72 Å². The Morgan fingerprint density at radius 2 is 2.06 bits per heavy atom. The molecule has 0 atom stereocenters. The minimum atomic E-state index is -3.66. The molecule has 1 heterocycles. The molecular weight excluding hydrogens is 308 g/mol. The van der Waals surface area contributed by atoms with Gasteiger partial charge in [-0.15, -0.1) is 0 Å². The summed E-state index contributed by atoms with van der Waals surface area (Å²) >= 11 is 3.19. The fourth-order valence-electron chi connectivity index (χ4n) is 1.23. The predicted octanol–water partition coefficient (Wildman–Crippen LogP) is 1.38. The van der Waals surface area contributed by atoms with Gasteiger partial charge >= 0.3 is 0 Å². The summed E-state index contributed by atoms with van der Waals surface area (Å²) in [6.45, 7) is 0. The van der Waals surface area contributed by atoms with Gasteiger partial charge in [0.2, 0.25) is 5.95 Å². The minimum absolute atomic E-state index is 0.156. The van der Waals surface area contributed by atoms with Crippen molar-refractivity contribution < 1.29 is 8.42 Å². The maximum atomic E-state index is 12.1. The smallest absolute Gasteiger partial charge is 0.247 e. The summed E-state index contributed by atoms with van der Waals surface area (Å²) in [6, 6.07) is 6.55. The minimum Gasteiger partial charge on any atom is -0.247 e. The van der Waals surface area contributed by atoms with Crippen LogP contribution in [0.3, 0.4) is 0 Å². The van der Waals surface area contributed by atoms with E-state index in [1.54, 1.807) is 25.2 Å². The fourth-order valence-corrected chi connectivity index (χ4v) is 3.27. The highest BCUT2D eigenvalue weighted by Crippen LogP contribution is 2.22. The van der Waals surface area contributed by atoms with Crippen LogP contribution in [-0.4, -0.2) is 23.2 Å². The van der Waals surface area contributed by atoms with Gasteiger partial charge in [0.05, 0.1) is 0 Å². The zero-order valence-corrected chi connectivity index (χ0v) is 11.2. The Labute approximate surface area is 107 Å². The van der Waals surface area contributed by atoms with Crippen LogP contribution in [0.4, 0.5) is 5.95 Å². The summed E-state index contributed by atoms with van der Waals surface area (Å²) in [5.74, 6) is 0.167. The van der Waals surface area contributed by atoms with Crippen molar-refractivity contribution in [1.82, 2.24) is 14.8 Å². The number of sulfonamides is 1. The SMILES string of the molecule is Cn1ncnc1NS(=O)(=O)c1ccccc1Br. The molecule has 0 aliphatic carbocycles. The van der Waals surface area contributed by atoms with Crippen molar-refractivity contribution >= 4 is 31.9 Å². The van der Waals surface area contributed by atoms with Gasteiger partial charge < -0.3 is 0 Å². The predicted molar refractivity (Wildman–Crippen MR) is 66.0 cm³/mol. The van der Waals surface area contributed by atoms with Crippen molar-refractivity contribution in [2.45, 2.75) is 4.90 Å². The molecule has 0 bridgehead atoms. The van der Waals surface area contributed by atoms with E-state index in [-0.39, 0.29) is 10.8 Å². The molecule has 0 saturated carbocycles. The quantitative estimate of drug-likeness (QED) is 0.928. The maximum Gasteiger partial charge on any atom is 0.265 e. The van der Waals surface area contributed by atoms with E-state index < -0.39 is 10.0 Å². The lowest BCUT2D eigenvalue weighted by molar-refractivity contribution is 0.599. The van der Waals surface area contributed by atoms with Crippen LogP contribution in [0.15, 0.2) is 40.0 Å². The highest BCUT2D eigenvalue weighted by atomic mass is 79.9. The van der Waals surface area contributed by atoms with Crippen LogP contribution in [0.1, 0.15) is 0 Å². The molecule has 0 saturated heterocycles. The molecule has 8 heteroatoms. The average molecular weight is 317 g/mol. The zero-order chi connectivity index (χ0) is 12.5. The Morgan fingerprint density at radius 1 is 1.35 bits per heavy atom. The van der Waals surface area contributed by atoms with Crippen LogP contribution < -0.4 is 4.72 Å². The van der Waals surface area contributed by atoms with Crippen molar-refractivity contribution in [3.05, 3.63) is 35.1 Å². The van der Waals surface area contributed by atoms with Crippen LogP contribution in [0.2, 0.25) is 0 Å². The Morgan fingerprint density at radius 3 is 2.65 bits per heavy atom. The third-order valence-corrected chi connectivity index (χ3v) is 4.40. The number of benzene rings is 1. The zero-order valence-electron chi connectivity index (χ0n) is 8.83. The first kappa shape index (κ1) is 12.1. The first-order valence-corrected chi connectivity index (χ1v) is 6.89. The molecule has 2 aromatic rings. The van der Waals surface area contributed by atoms with E-state index in [0.717, 1.165) is 0 Å². The van der Waals surface area contributed by atoms with Crippen LogP contribution in [0.5, 0.6) is 0 Å². The molecule has 0 unspecified atom stereocenters. The van der Waals surface area contributed by atoms with Gasteiger partial charge in [0.1, 0.15) is 11.2 Å². The second-order valence-corrected chi connectivity index (χ2v) is 5.75. The molecule has 0 radical (unpaired) electrons. The van der Waals surface area contributed by atoms with Gasteiger partial charge in [0.15, 0.2) is 0 Å². The Hall–Kier alpha value is -1.41. The van der Waals surface area contributed by atoms with Gasteiger partial charge in [0, 0.05) is 11.5 Å². The van der Waals surface area contributed by atoms with E-state index in [2.05, 4.69) is 30.7 Å². The molecule has 0 aliphatic rings. The lowest BCUT2D eigenvalue weighted by Gasteiger charge is -2.07. The molecule has 0 amide bonds. The molecule has 0 fully saturated rings. The Bertz CT molecular complexity index is 638. The summed E-state index contributed by atoms with van der Waals surface area (Å²) in [5.41, 5.74) is 0. The summed E-state index contributed by atoms with van der Waals surface area (Å²) in [4.78, 5) is 3.96. The highest BCUT2D eigenvalue weighted by molar-refractivity contribution is 9.10. The molecule has 17 heavy (non-hydrogen) atoms. The number of hydrogen-bond donors (Lipinski definition) is 1. The molecule has 2 rings (SSSR count). The number of rotatable bonds is 3. The number of nitrogens with zero attached hydrogens (tertiary/aromatic N) is 3. The van der Waals surface area contributed by atoms with E-state index >= 15 is 0 Å². The van der Waals surface area contributed by atoms with Gasteiger partial charge in [-0.1, -0.05) is 12.1 Å². The number of aromatic nitrogens is 3. The van der Waals surface area contributed by atoms with Gasteiger partial charge in [-0.2, -0.15) is 10.1 Å². The summed E-state index contributed by atoms with van der Waals surface area (Å²) in [7, 11) is -2.05. The monoisotopic (exact) mass is 316 g/mol. The van der Waals surface area contributed by atoms with Crippen molar-refractivity contribution in [3.63, 3.8) is 0 Å². The normalized spacial score (nSPS) is 11.4. The van der Waals surface area contributed by atoms with E-state index in [1.165, 1.54) is 17.1 Å². The summed E-state index contributed by atoms with van der Waals surface area (Å²) in [5, 5.41) is 3.78. The molecule has 1 aromatic carbocycles. The second kappa shape index (κ2) is 4.46. The van der Waals surface area contributed by atoms with Crippen LogP contribution in [0, 0.1) is 0 Å². The van der Waals surface area contributed by atoms with Crippen molar-refractivity contribution in [2.24, 2.45) is 7.05 Å². The second-order valence-electron chi connectivity index (χ2n) is 3.24. The van der Waals surface area contributed by atoms with Crippen molar-refractivity contribution in [3.8, 4) is 0 Å². The van der Waals surface area contributed by atoms with Crippen LogP contribution in [-0.2, 0) is 17.1 Å². The van der Waals surface area contributed by atoms with Crippen molar-refractivity contribution in [1.29, 1.82) is 0 Å². The van der Waals surface area contributed by atoms with Gasteiger partial charge in [-0.25, -0.2) is 17.8 Å². The first-order valence-electron chi connectivity index (χ1n) is 4.62. The number of aryl methyl sites for hydroxylation is 1. The largest absolute Gasteiger partial charge is 0.265 e. The van der Waals surface area contributed by atoms with Gasteiger partial charge in [0.25, 0.3) is 10.0 Å². The van der Waals surface area contributed by atoms with E-state index in [1.807, 2.05) is 0 Å². The molecule has 1 aromatic heterocycles. The Balaban J connectivity index is 2.39. The van der Waals surface area contributed by atoms with E-state index in [4.69, 9.17) is 0 Å². The van der Waals surface area contributed by atoms with Gasteiger partial charge in [-0.3, -0.25) is 0 Å². The molecule has 1 N–H and O–H groups in total. The molecule has 90 valence electrons. The number of nitrogens with one attached hydrogen (secondary N) is 1. The third kappa shape index (κ3) is 2.47. The number of anilines is 1. The lowest BCUT2D eigenvalue weighted by atomic mass is 10.4. The third-order valence-electron chi connectivity index (χ3n) is 2.06. The topological polar surface area (TPSA) is 76.9 Å². The molecule has 6 nitrogen and oxygen atoms in total. The fraction of sp³-hybridized carbons (Fsp3) is 0.111. The number of hydrogen-bond acceptors (Lipinski definition) is 4. The standard InChI is InChI=1S/C9H9BrN4O2S/c1-14-9(11-6-12-14)13-17(15,16)8-5-3-2-4-7(8)10/h2-6H,1H3,(H,11,12,13). The molecule has 0 aliphatic heterocycles. The average Bonchev–Trinajstić information content (AvgIpc) is 2.64. The number of halogens is 1. The lowest BCUT2D eigenvalue weighted by Crippen LogP contribution is -2.16. The van der Waals surface area contributed by atoms with E-state index in [0.29, 0.717) is 4.47 Å². The van der Waals surface area contributed by atoms with Crippen LogP contribution >= 0.6 is 15.9 Å². The van der Waals surface area contributed by atoms with Crippen LogP contribution in [0.25, 0.3) is 0 Å². The first-order chi connectivity index (χ1) is 8.00. The molecule has 0 spiro atoms. The van der Waals surface area contributed by atoms with E-state index in [9.17, 15) is 8.42 Å². The maximum absolute atomic E-state index is 12.1. The Kier molecular flexibility index (Phi) is 3.16. The summed E-state index contributed by atoms with van der Waals surface area (Å²) < 4.78 is 28.3. The van der Waals surface area contributed by atoms with Gasteiger partial charge in [-0.05, 0) is 28.1 Å². The molecular formula is C9H9BrN4O2S. The summed E-state index contributed by atoms with van der Waals surface area (Å²) in [6.07, 6.45) is 1.28.